The monoisotopic (exact) mass is 468 g/mol. The lowest BCUT2D eigenvalue weighted by atomic mass is 9.99. The zero-order chi connectivity index (χ0) is 24.7. The van der Waals surface area contributed by atoms with Gasteiger partial charge in [-0.05, 0) is 48.4 Å². The van der Waals surface area contributed by atoms with E-state index in [4.69, 9.17) is 5.41 Å². The lowest BCUT2D eigenvalue weighted by Gasteiger charge is -2.17. The van der Waals surface area contributed by atoms with Crippen LogP contribution in [0.5, 0.6) is 0 Å². The first-order chi connectivity index (χ1) is 16.2. The van der Waals surface area contributed by atoms with Gasteiger partial charge in [-0.2, -0.15) is 18.3 Å². The molecule has 0 atom stereocenters. The van der Waals surface area contributed by atoms with Crippen molar-refractivity contribution in [1.29, 1.82) is 5.41 Å². The van der Waals surface area contributed by atoms with E-state index in [-0.39, 0.29) is 12.3 Å². The van der Waals surface area contributed by atoms with E-state index >= 15 is 0 Å². The fourth-order valence-electron chi connectivity index (χ4n) is 3.29. The summed E-state index contributed by atoms with van der Waals surface area (Å²) in [7, 11) is 0. The number of aryl methyl sites for hydroxylation is 1. The van der Waals surface area contributed by atoms with Crippen LogP contribution in [0.15, 0.2) is 73.9 Å². The van der Waals surface area contributed by atoms with E-state index in [1.165, 1.54) is 12.1 Å². The Labute approximate surface area is 196 Å². The molecule has 9 heteroatoms. The highest BCUT2D eigenvalue weighted by atomic mass is 19.4. The predicted molar refractivity (Wildman–Crippen MR) is 129 cm³/mol. The Kier molecular flexibility index (Phi) is 7.88. The molecule has 0 saturated heterocycles. The first kappa shape index (κ1) is 24.8. The number of anilines is 2. The summed E-state index contributed by atoms with van der Waals surface area (Å²) in [5.74, 6) is 0.356. The number of alkyl halides is 3. The number of unbranched alkanes of at least 4 members (excludes halogenated alkanes) is 1. The van der Waals surface area contributed by atoms with Gasteiger partial charge in [0.25, 0.3) is 0 Å². The molecular formula is C25H27F3N6. The van der Waals surface area contributed by atoms with Crippen molar-refractivity contribution in [3.05, 3.63) is 85.0 Å². The summed E-state index contributed by atoms with van der Waals surface area (Å²) in [5.41, 5.74) is 2.55. The number of hydrogen-bond acceptors (Lipinski definition) is 5. The van der Waals surface area contributed by atoms with Crippen molar-refractivity contribution in [2.75, 3.05) is 11.9 Å². The summed E-state index contributed by atoms with van der Waals surface area (Å²) in [5, 5.41) is 19.2. The van der Waals surface area contributed by atoms with Crippen LogP contribution in [0.25, 0.3) is 11.1 Å². The summed E-state index contributed by atoms with van der Waals surface area (Å²) in [6.07, 6.45) is 4.42. The van der Waals surface area contributed by atoms with Gasteiger partial charge in [0.05, 0.1) is 24.0 Å². The summed E-state index contributed by atoms with van der Waals surface area (Å²) in [4.78, 5) is 4.38. The van der Waals surface area contributed by atoms with Crippen molar-refractivity contribution >= 4 is 17.2 Å². The van der Waals surface area contributed by atoms with Crippen molar-refractivity contribution in [3.8, 4) is 11.1 Å². The van der Waals surface area contributed by atoms with Gasteiger partial charge >= 0.3 is 6.18 Å². The molecule has 1 aromatic carbocycles. The van der Waals surface area contributed by atoms with Crippen LogP contribution in [0.3, 0.4) is 0 Å². The van der Waals surface area contributed by atoms with Crippen molar-refractivity contribution < 1.29 is 13.2 Å². The van der Waals surface area contributed by atoms with E-state index < -0.39 is 11.7 Å². The molecule has 0 unspecified atom stereocenters. The summed E-state index contributed by atoms with van der Waals surface area (Å²) < 4.78 is 40.6. The molecule has 3 rings (SSSR count). The molecule has 0 saturated carbocycles. The maximum atomic E-state index is 12.9. The average Bonchev–Trinajstić information content (AvgIpc) is 3.29. The molecule has 0 aliphatic rings. The smallest absolute Gasteiger partial charge is 0.380 e. The second-order valence-electron chi connectivity index (χ2n) is 7.69. The van der Waals surface area contributed by atoms with Crippen molar-refractivity contribution in [1.82, 2.24) is 20.1 Å². The molecule has 178 valence electrons. The molecule has 0 aliphatic carbocycles. The molecule has 3 N–H and O–H groups in total. The Balaban J connectivity index is 1.98. The molecule has 0 radical (unpaired) electrons. The maximum Gasteiger partial charge on any atom is 0.416 e. The normalized spacial score (nSPS) is 11.2. The van der Waals surface area contributed by atoms with Crippen molar-refractivity contribution in [2.45, 2.75) is 32.5 Å². The number of allylic oxidation sites excluding steroid dienone is 1. The first-order valence-electron chi connectivity index (χ1n) is 10.8. The molecule has 0 fully saturated rings. The minimum Gasteiger partial charge on any atom is -0.380 e. The van der Waals surface area contributed by atoms with Crippen LogP contribution in [-0.4, -0.2) is 27.0 Å². The molecule has 2 heterocycles. The molecule has 0 bridgehead atoms. The Morgan fingerprint density at radius 2 is 1.94 bits per heavy atom. The zero-order valence-electron chi connectivity index (χ0n) is 18.9. The van der Waals surface area contributed by atoms with Crippen LogP contribution in [0.4, 0.5) is 24.7 Å². The Hall–Kier alpha value is -3.88. The molecule has 0 amide bonds. The standard InChI is InChI=1S/C25H27F3N6/c1-4-6-13-34-16-18(14-32-34)21-11-12-30-24(23(21)22(29)15-31-17(3)5-2)33-20-9-7-19(8-10-20)25(26,27)28/h5,7-12,14,16,29,31H,2-4,6,13,15H2,1H3,(H,30,33). The first-order valence-corrected chi connectivity index (χ1v) is 10.8. The van der Waals surface area contributed by atoms with Gasteiger partial charge in [-0.3, -0.25) is 4.68 Å². The van der Waals surface area contributed by atoms with Gasteiger partial charge in [-0.15, -0.1) is 0 Å². The largest absolute Gasteiger partial charge is 0.416 e. The molecule has 3 aromatic rings. The Morgan fingerprint density at radius 1 is 1.21 bits per heavy atom. The third-order valence-corrected chi connectivity index (χ3v) is 5.15. The lowest BCUT2D eigenvalue weighted by Crippen LogP contribution is -2.23. The average molecular weight is 469 g/mol. The second-order valence-corrected chi connectivity index (χ2v) is 7.69. The van der Waals surface area contributed by atoms with Crippen LogP contribution in [0, 0.1) is 5.41 Å². The van der Waals surface area contributed by atoms with Crippen LogP contribution in [0.1, 0.15) is 30.9 Å². The molecular weight excluding hydrogens is 441 g/mol. The van der Waals surface area contributed by atoms with Gasteiger partial charge in [-0.25, -0.2) is 4.98 Å². The van der Waals surface area contributed by atoms with Crippen LogP contribution in [0.2, 0.25) is 0 Å². The topological polar surface area (TPSA) is 78.6 Å². The van der Waals surface area contributed by atoms with Crippen molar-refractivity contribution in [2.24, 2.45) is 0 Å². The summed E-state index contributed by atoms with van der Waals surface area (Å²) in [6, 6.07) is 6.48. The third-order valence-electron chi connectivity index (χ3n) is 5.15. The summed E-state index contributed by atoms with van der Waals surface area (Å²) in [6.45, 7) is 10.5. The fourth-order valence-corrected chi connectivity index (χ4v) is 3.29. The quantitative estimate of drug-likeness (QED) is 0.232. The van der Waals surface area contributed by atoms with E-state index in [1.807, 2.05) is 10.9 Å². The lowest BCUT2D eigenvalue weighted by molar-refractivity contribution is -0.137. The van der Waals surface area contributed by atoms with E-state index in [1.54, 1.807) is 24.5 Å². The van der Waals surface area contributed by atoms with Crippen LogP contribution < -0.4 is 10.6 Å². The number of pyridine rings is 1. The highest BCUT2D eigenvalue weighted by Gasteiger charge is 2.30. The van der Waals surface area contributed by atoms with Crippen molar-refractivity contribution in [3.63, 3.8) is 0 Å². The summed E-state index contributed by atoms with van der Waals surface area (Å²) >= 11 is 0. The maximum absolute atomic E-state index is 12.9. The molecule has 0 spiro atoms. The van der Waals surface area contributed by atoms with Crippen LogP contribution >= 0.6 is 0 Å². The third kappa shape index (κ3) is 6.12. The molecule has 0 aliphatic heterocycles. The Bertz CT molecular complexity index is 1160. The van der Waals surface area contributed by atoms with Gasteiger partial charge < -0.3 is 16.0 Å². The highest BCUT2D eigenvalue weighted by Crippen LogP contribution is 2.32. The number of nitrogens with one attached hydrogen (secondary N) is 3. The number of rotatable bonds is 11. The van der Waals surface area contributed by atoms with Gasteiger partial charge in [0.1, 0.15) is 5.82 Å². The van der Waals surface area contributed by atoms with Gasteiger partial charge in [0.2, 0.25) is 0 Å². The Morgan fingerprint density at radius 3 is 2.59 bits per heavy atom. The fraction of sp³-hybridized carbons (Fsp3) is 0.240. The second kappa shape index (κ2) is 10.8. The minimum absolute atomic E-state index is 0.162. The molecule has 6 nitrogen and oxygen atoms in total. The number of hydrogen-bond donors (Lipinski definition) is 3. The van der Waals surface area contributed by atoms with Gasteiger partial charge in [-0.1, -0.05) is 26.5 Å². The van der Waals surface area contributed by atoms with E-state index in [0.717, 1.165) is 42.6 Å². The van der Waals surface area contributed by atoms with Gasteiger partial charge in [0, 0.05) is 41.4 Å². The van der Waals surface area contributed by atoms with Gasteiger partial charge in [0.15, 0.2) is 0 Å². The highest BCUT2D eigenvalue weighted by molar-refractivity contribution is 6.09. The van der Waals surface area contributed by atoms with E-state index in [2.05, 4.69) is 40.8 Å². The zero-order valence-corrected chi connectivity index (χ0v) is 18.9. The van der Waals surface area contributed by atoms with E-state index in [9.17, 15) is 13.2 Å². The van der Waals surface area contributed by atoms with E-state index in [0.29, 0.717) is 22.8 Å². The number of nitrogens with zero attached hydrogens (tertiary/aromatic N) is 3. The number of aromatic nitrogens is 3. The molecule has 2 aromatic heterocycles. The molecule has 34 heavy (non-hydrogen) atoms. The number of halogens is 3. The SMILES string of the molecule is C=CC(=C)NCC(=N)c1c(-c2cnn(CCCC)c2)ccnc1Nc1ccc(C(F)(F)F)cc1. The predicted octanol–water partition coefficient (Wildman–Crippen LogP) is 6.16. The number of benzene rings is 1. The minimum atomic E-state index is -4.42. The van der Waals surface area contributed by atoms with Crippen LogP contribution in [-0.2, 0) is 12.7 Å².